The molecule has 1 aromatic carbocycles. The van der Waals surface area contributed by atoms with E-state index in [2.05, 4.69) is 0 Å². The Balaban J connectivity index is 2.05. The quantitative estimate of drug-likeness (QED) is 0.795. The van der Waals surface area contributed by atoms with Crippen molar-refractivity contribution in [2.24, 2.45) is 5.41 Å². The predicted molar refractivity (Wildman–Crippen MR) is 90.9 cm³/mol. The second-order valence-electron chi connectivity index (χ2n) is 7.54. The molecule has 0 aromatic heterocycles. The van der Waals surface area contributed by atoms with Gasteiger partial charge in [0.2, 0.25) is 15.9 Å². The summed E-state index contributed by atoms with van der Waals surface area (Å²) in [6, 6.07) is 3.45. The molecule has 146 valence electrons. The molecule has 9 heteroatoms. The number of amides is 1. The van der Waals surface area contributed by atoms with Gasteiger partial charge in [0.25, 0.3) is 0 Å². The SMILES string of the molecule is CC(C)(C)CC(=O)N1CCN(S(=O)(=O)c2ccc(C(F)(F)F)cc2)CC1. The fraction of sp³-hybridized carbons (Fsp3) is 0.588. The zero-order valence-corrected chi connectivity index (χ0v) is 15.8. The summed E-state index contributed by atoms with van der Waals surface area (Å²) in [5, 5.41) is 0. The van der Waals surface area contributed by atoms with Crippen LogP contribution in [0.5, 0.6) is 0 Å². The lowest BCUT2D eigenvalue weighted by atomic mass is 9.91. The fourth-order valence-corrected chi connectivity index (χ4v) is 4.13. The molecule has 0 unspecified atom stereocenters. The van der Waals surface area contributed by atoms with Crippen LogP contribution in [-0.2, 0) is 21.0 Å². The van der Waals surface area contributed by atoms with Gasteiger partial charge in [-0.05, 0) is 29.7 Å². The van der Waals surface area contributed by atoms with Crippen molar-refractivity contribution < 1.29 is 26.4 Å². The van der Waals surface area contributed by atoms with Crippen LogP contribution in [0.2, 0.25) is 0 Å². The second kappa shape index (κ2) is 7.19. The zero-order valence-electron chi connectivity index (χ0n) is 15.0. The van der Waals surface area contributed by atoms with Gasteiger partial charge in [-0.2, -0.15) is 17.5 Å². The summed E-state index contributed by atoms with van der Waals surface area (Å²) in [7, 11) is -3.88. The number of sulfonamides is 1. The molecular formula is C17H23F3N2O3S. The zero-order chi connectivity index (χ0) is 19.8. The van der Waals surface area contributed by atoms with Gasteiger partial charge in [0.1, 0.15) is 0 Å². The molecule has 1 heterocycles. The number of hydrogen-bond donors (Lipinski definition) is 0. The Bertz CT molecular complexity index is 745. The Morgan fingerprint density at radius 1 is 1.00 bits per heavy atom. The lowest BCUT2D eigenvalue weighted by molar-refractivity contribution is -0.137. The lowest BCUT2D eigenvalue weighted by Crippen LogP contribution is -2.51. The van der Waals surface area contributed by atoms with Crippen molar-refractivity contribution in [3.63, 3.8) is 0 Å². The van der Waals surface area contributed by atoms with Crippen LogP contribution in [0.4, 0.5) is 13.2 Å². The van der Waals surface area contributed by atoms with Crippen LogP contribution in [0.25, 0.3) is 0 Å². The number of piperazine rings is 1. The summed E-state index contributed by atoms with van der Waals surface area (Å²) in [6.07, 6.45) is -4.14. The Kier molecular flexibility index (Phi) is 5.72. The number of rotatable bonds is 3. The van der Waals surface area contributed by atoms with Crippen molar-refractivity contribution in [2.45, 2.75) is 38.3 Å². The van der Waals surface area contributed by atoms with Crippen molar-refractivity contribution in [1.82, 2.24) is 9.21 Å². The van der Waals surface area contributed by atoms with Gasteiger partial charge in [-0.15, -0.1) is 0 Å². The van der Waals surface area contributed by atoms with Crippen molar-refractivity contribution in [2.75, 3.05) is 26.2 Å². The van der Waals surface area contributed by atoms with E-state index in [1.54, 1.807) is 4.90 Å². The summed E-state index contributed by atoms with van der Waals surface area (Å²) in [6.45, 7) is 6.66. The number of alkyl halides is 3. The third kappa shape index (κ3) is 4.97. The summed E-state index contributed by atoms with van der Waals surface area (Å²) < 4.78 is 64.2. The highest BCUT2D eigenvalue weighted by Crippen LogP contribution is 2.30. The first-order valence-corrected chi connectivity index (χ1v) is 9.70. The molecule has 0 aliphatic carbocycles. The first-order valence-electron chi connectivity index (χ1n) is 8.26. The molecule has 1 saturated heterocycles. The van der Waals surface area contributed by atoms with Crippen LogP contribution < -0.4 is 0 Å². The summed E-state index contributed by atoms with van der Waals surface area (Å²) in [5.74, 6) is -0.0240. The van der Waals surface area contributed by atoms with Crippen molar-refractivity contribution in [3.8, 4) is 0 Å². The molecule has 0 spiro atoms. The van der Waals surface area contributed by atoms with Crippen LogP contribution in [0.1, 0.15) is 32.8 Å². The lowest BCUT2D eigenvalue weighted by Gasteiger charge is -2.35. The van der Waals surface area contributed by atoms with Crippen LogP contribution in [0, 0.1) is 5.41 Å². The van der Waals surface area contributed by atoms with E-state index in [-0.39, 0.29) is 42.4 Å². The maximum Gasteiger partial charge on any atom is 0.416 e. The second-order valence-corrected chi connectivity index (χ2v) is 9.48. The number of benzene rings is 1. The topological polar surface area (TPSA) is 57.7 Å². The highest BCUT2D eigenvalue weighted by Gasteiger charge is 2.33. The molecular weight excluding hydrogens is 369 g/mol. The van der Waals surface area contributed by atoms with Crippen LogP contribution in [0.15, 0.2) is 29.2 Å². The summed E-state index contributed by atoms with van der Waals surface area (Å²) >= 11 is 0. The number of nitrogens with zero attached hydrogens (tertiary/aromatic N) is 2. The minimum atomic E-state index is -4.51. The van der Waals surface area contributed by atoms with E-state index in [0.29, 0.717) is 6.42 Å². The maximum atomic E-state index is 12.6. The van der Waals surface area contributed by atoms with Crippen molar-refractivity contribution in [1.29, 1.82) is 0 Å². The van der Waals surface area contributed by atoms with Gasteiger partial charge < -0.3 is 4.90 Å². The average molecular weight is 392 g/mol. The molecule has 5 nitrogen and oxygen atoms in total. The van der Waals surface area contributed by atoms with Gasteiger partial charge in [0.15, 0.2) is 0 Å². The molecule has 1 aromatic rings. The van der Waals surface area contributed by atoms with Gasteiger partial charge in [0.05, 0.1) is 10.5 Å². The molecule has 1 amide bonds. The minimum absolute atomic E-state index is 0.0240. The minimum Gasteiger partial charge on any atom is -0.340 e. The van der Waals surface area contributed by atoms with Crippen LogP contribution >= 0.6 is 0 Å². The maximum absolute atomic E-state index is 12.6. The smallest absolute Gasteiger partial charge is 0.340 e. The largest absolute Gasteiger partial charge is 0.416 e. The monoisotopic (exact) mass is 392 g/mol. The molecule has 0 N–H and O–H groups in total. The predicted octanol–water partition coefficient (Wildman–Crippen LogP) is 2.97. The molecule has 1 fully saturated rings. The number of halogens is 3. The molecule has 2 rings (SSSR count). The van der Waals surface area contributed by atoms with Gasteiger partial charge in [-0.3, -0.25) is 4.79 Å². The van der Waals surface area contributed by atoms with E-state index in [0.717, 1.165) is 24.3 Å². The standard InChI is InChI=1S/C17H23F3N2O3S/c1-16(2,3)12-15(23)21-8-10-22(11-9-21)26(24,25)14-6-4-13(5-7-14)17(18,19)20/h4-7H,8-12H2,1-3H3. The van der Waals surface area contributed by atoms with Gasteiger partial charge >= 0.3 is 6.18 Å². The van der Waals surface area contributed by atoms with E-state index < -0.39 is 21.8 Å². The molecule has 1 aliphatic rings. The highest BCUT2D eigenvalue weighted by atomic mass is 32.2. The summed E-state index contributed by atoms with van der Waals surface area (Å²) in [4.78, 5) is 13.7. The van der Waals surface area contributed by atoms with E-state index in [1.807, 2.05) is 20.8 Å². The van der Waals surface area contributed by atoms with Gasteiger partial charge in [0, 0.05) is 32.6 Å². The van der Waals surface area contributed by atoms with Gasteiger partial charge in [-0.25, -0.2) is 8.42 Å². The molecule has 0 saturated carbocycles. The van der Waals surface area contributed by atoms with Gasteiger partial charge in [-0.1, -0.05) is 20.8 Å². The fourth-order valence-electron chi connectivity index (χ4n) is 2.71. The van der Waals surface area contributed by atoms with E-state index in [1.165, 1.54) is 4.31 Å². The third-order valence-corrected chi connectivity index (χ3v) is 6.01. The Morgan fingerprint density at radius 3 is 1.92 bits per heavy atom. The van der Waals surface area contributed by atoms with E-state index in [9.17, 15) is 26.4 Å². The molecule has 0 atom stereocenters. The molecule has 1 aliphatic heterocycles. The van der Waals surface area contributed by atoms with Crippen LogP contribution in [0.3, 0.4) is 0 Å². The van der Waals surface area contributed by atoms with E-state index in [4.69, 9.17) is 0 Å². The Labute approximate surface area is 151 Å². The molecule has 0 radical (unpaired) electrons. The van der Waals surface area contributed by atoms with Crippen molar-refractivity contribution in [3.05, 3.63) is 29.8 Å². The number of carbonyl (C=O) groups excluding carboxylic acids is 1. The third-order valence-electron chi connectivity index (χ3n) is 4.09. The van der Waals surface area contributed by atoms with E-state index >= 15 is 0 Å². The van der Waals surface area contributed by atoms with Crippen LogP contribution in [-0.4, -0.2) is 49.7 Å². The summed E-state index contributed by atoms with van der Waals surface area (Å²) in [5.41, 5.74) is -1.05. The number of carbonyl (C=O) groups is 1. The Hall–Kier alpha value is -1.61. The first kappa shape index (κ1) is 20.7. The first-order chi connectivity index (χ1) is 11.8. The highest BCUT2D eigenvalue weighted by molar-refractivity contribution is 7.89. The van der Waals surface area contributed by atoms with Crippen molar-refractivity contribution >= 4 is 15.9 Å². The Morgan fingerprint density at radius 2 is 1.50 bits per heavy atom. The number of hydrogen-bond acceptors (Lipinski definition) is 3. The molecule has 0 bridgehead atoms. The molecule has 26 heavy (non-hydrogen) atoms. The average Bonchev–Trinajstić information content (AvgIpc) is 2.52. The normalized spacial score (nSPS) is 17.4.